The molecule has 108 valence electrons. The van der Waals surface area contributed by atoms with Gasteiger partial charge < -0.3 is 19.5 Å². The minimum absolute atomic E-state index is 0.342. The van der Waals surface area contributed by atoms with Crippen molar-refractivity contribution >= 4 is 5.69 Å². The molecule has 0 aromatic heterocycles. The highest BCUT2D eigenvalue weighted by molar-refractivity contribution is 5.49. The van der Waals surface area contributed by atoms with Gasteiger partial charge in [-0.3, -0.25) is 0 Å². The minimum atomic E-state index is -0.671. The zero-order valence-corrected chi connectivity index (χ0v) is 11.7. The predicted molar refractivity (Wildman–Crippen MR) is 73.0 cm³/mol. The van der Waals surface area contributed by atoms with Crippen molar-refractivity contribution in [1.29, 1.82) is 0 Å². The summed E-state index contributed by atoms with van der Waals surface area (Å²) in [6.45, 7) is 3.82. The summed E-state index contributed by atoms with van der Waals surface area (Å²) in [5.74, 6) is -0.342. The molecule has 0 saturated carbocycles. The second-order valence-electron chi connectivity index (χ2n) is 4.36. The highest BCUT2D eigenvalue weighted by atomic mass is 19.1. The molecule has 0 spiro atoms. The van der Waals surface area contributed by atoms with Crippen LogP contribution in [0.25, 0.3) is 0 Å². The highest BCUT2D eigenvalue weighted by Crippen LogP contribution is 2.23. The van der Waals surface area contributed by atoms with Gasteiger partial charge in [-0.25, -0.2) is 4.39 Å². The standard InChI is InChI=1S/C14H22FNO3/c1-11(17)12-4-5-14(13(15)10-12)16(6-8-18-2)7-9-19-3/h4-5,10-11,17H,6-9H2,1-3H3/t11-/m1/s1. The number of rotatable bonds is 8. The van der Waals surface area contributed by atoms with Gasteiger partial charge in [0.1, 0.15) is 5.82 Å². The molecule has 0 fully saturated rings. The summed E-state index contributed by atoms with van der Waals surface area (Å²) in [7, 11) is 3.22. The van der Waals surface area contributed by atoms with Crippen LogP contribution in [-0.4, -0.2) is 45.6 Å². The van der Waals surface area contributed by atoms with Crippen molar-refractivity contribution < 1.29 is 19.0 Å². The Balaban J connectivity index is 2.87. The van der Waals surface area contributed by atoms with Crippen LogP contribution in [0.5, 0.6) is 0 Å². The number of methoxy groups -OCH3 is 2. The Labute approximate surface area is 113 Å². The van der Waals surface area contributed by atoms with Crippen molar-refractivity contribution in [2.75, 3.05) is 45.4 Å². The molecule has 0 aliphatic rings. The molecule has 5 heteroatoms. The van der Waals surface area contributed by atoms with Gasteiger partial charge >= 0.3 is 0 Å². The second kappa shape index (κ2) is 8.09. The lowest BCUT2D eigenvalue weighted by Gasteiger charge is -2.25. The predicted octanol–water partition coefficient (Wildman–Crippen LogP) is 1.98. The van der Waals surface area contributed by atoms with Gasteiger partial charge in [0, 0.05) is 27.3 Å². The highest BCUT2D eigenvalue weighted by Gasteiger charge is 2.13. The van der Waals surface area contributed by atoms with Gasteiger partial charge in [-0.05, 0) is 24.6 Å². The van der Waals surface area contributed by atoms with Crippen LogP contribution in [0.3, 0.4) is 0 Å². The van der Waals surface area contributed by atoms with Crippen molar-refractivity contribution in [3.63, 3.8) is 0 Å². The Bertz CT molecular complexity index is 377. The van der Waals surface area contributed by atoms with Crippen molar-refractivity contribution in [3.05, 3.63) is 29.6 Å². The van der Waals surface area contributed by atoms with Crippen LogP contribution in [0.4, 0.5) is 10.1 Å². The first-order valence-electron chi connectivity index (χ1n) is 6.30. The normalized spacial score (nSPS) is 12.5. The number of hydrogen-bond acceptors (Lipinski definition) is 4. The van der Waals surface area contributed by atoms with Crippen LogP contribution in [0, 0.1) is 5.82 Å². The van der Waals surface area contributed by atoms with E-state index in [9.17, 15) is 9.50 Å². The monoisotopic (exact) mass is 271 g/mol. The van der Waals surface area contributed by atoms with Crippen LogP contribution >= 0.6 is 0 Å². The maximum atomic E-state index is 14.1. The molecular formula is C14H22FNO3. The Morgan fingerprint density at radius 1 is 1.21 bits per heavy atom. The molecular weight excluding hydrogens is 249 g/mol. The van der Waals surface area contributed by atoms with Gasteiger partial charge in [-0.15, -0.1) is 0 Å². The molecule has 0 aliphatic carbocycles. The number of aliphatic hydroxyl groups excluding tert-OH is 1. The molecule has 1 atom stereocenters. The molecule has 0 bridgehead atoms. The third kappa shape index (κ3) is 4.78. The average molecular weight is 271 g/mol. The lowest BCUT2D eigenvalue weighted by Crippen LogP contribution is -2.31. The van der Waals surface area contributed by atoms with E-state index in [-0.39, 0.29) is 5.82 Å². The topological polar surface area (TPSA) is 41.9 Å². The van der Waals surface area contributed by atoms with Gasteiger partial charge in [0.2, 0.25) is 0 Å². The molecule has 1 aromatic rings. The summed E-state index contributed by atoms with van der Waals surface area (Å²) in [5.41, 5.74) is 1.07. The van der Waals surface area contributed by atoms with Gasteiger partial charge in [-0.2, -0.15) is 0 Å². The van der Waals surface area contributed by atoms with Gasteiger partial charge in [0.05, 0.1) is 25.0 Å². The Morgan fingerprint density at radius 2 is 1.79 bits per heavy atom. The minimum Gasteiger partial charge on any atom is -0.389 e. The first kappa shape index (κ1) is 15.9. The van der Waals surface area contributed by atoms with Gasteiger partial charge in [0.15, 0.2) is 0 Å². The first-order valence-corrected chi connectivity index (χ1v) is 6.30. The first-order chi connectivity index (χ1) is 9.10. The number of halogens is 1. The van der Waals surface area contributed by atoms with Crippen molar-refractivity contribution in [1.82, 2.24) is 0 Å². The van der Waals surface area contributed by atoms with Crippen molar-refractivity contribution in [2.45, 2.75) is 13.0 Å². The molecule has 0 heterocycles. The largest absolute Gasteiger partial charge is 0.389 e. The molecule has 1 N–H and O–H groups in total. The van der Waals surface area contributed by atoms with Crippen molar-refractivity contribution in [3.8, 4) is 0 Å². The average Bonchev–Trinajstić information content (AvgIpc) is 2.39. The maximum Gasteiger partial charge on any atom is 0.146 e. The van der Waals surface area contributed by atoms with Crippen LogP contribution in [0.15, 0.2) is 18.2 Å². The fourth-order valence-corrected chi connectivity index (χ4v) is 1.80. The Hall–Kier alpha value is -1.17. The van der Waals surface area contributed by atoms with E-state index >= 15 is 0 Å². The number of benzene rings is 1. The van der Waals surface area contributed by atoms with Gasteiger partial charge in [-0.1, -0.05) is 6.07 Å². The van der Waals surface area contributed by atoms with E-state index in [4.69, 9.17) is 9.47 Å². The van der Waals surface area contributed by atoms with E-state index < -0.39 is 6.10 Å². The van der Waals surface area contributed by atoms with Crippen LogP contribution in [-0.2, 0) is 9.47 Å². The van der Waals surface area contributed by atoms with E-state index in [1.807, 2.05) is 4.90 Å². The summed E-state index contributed by atoms with van der Waals surface area (Å²) in [4.78, 5) is 1.87. The number of aliphatic hydroxyl groups is 1. The van der Waals surface area contributed by atoms with Crippen molar-refractivity contribution in [2.24, 2.45) is 0 Å². The third-order valence-corrected chi connectivity index (χ3v) is 2.93. The summed E-state index contributed by atoms with van der Waals surface area (Å²) in [6.07, 6.45) is -0.671. The maximum absolute atomic E-state index is 14.1. The smallest absolute Gasteiger partial charge is 0.146 e. The zero-order valence-electron chi connectivity index (χ0n) is 11.7. The summed E-state index contributed by atoms with van der Waals surface area (Å²) < 4.78 is 24.1. The number of hydrogen-bond donors (Lipinski definition) is 1. The summed E-state index contributed by atoms with van der Waals surface area (Å²) in [6, 6.07) is 4.78. The molecule has 0 unspecified atom stereocenters. The lowest BCUT2D eigenvalue weighted by atomic mass is 10.1. The fraction of sp³-hybridized carbons (Fsp3) is 0.571. The van der Waals surface area contributed by atoms with Gasteiger partial charge in [0.25, 0.3) is 0 Å². The Morgan fingerprint density at radius 3 is 2.21 bits per heavy atom. The molecule has 0 radical (unpaired) electrons. The van der Waals surface area contributed by atoms with Crippen LogP contribution in [0.2, 0.25) is 0 Å². The SMILES string of the molecule is COCCN(CCOC)c1ccc([C@@H](C)O)cc1F. The van der Waals surface area contributed by atoms with E-state index in [1.165, 1.54) is 6.07 Å². The Kier molecular flexibility index (Phi) is 6.77. The lowest BCUT2D eigenvalue weighted by molar-refractivity contribution is 0.189. The molecule has 0 saturated heterocycles. The molecule has 4 nitrogen and oxygen atoms in total. The summed E-state index contributed by atoms with van der Waals surface area (Å²) >= 11 is 0. The molecule has 19 heavy (non-hydrogen) atoms. The quantitative estimate of drug-likeness (QED) is 0.785. The third-order valence-electron chi connectivity index (χ3n) is 2.93. The van der Waals surface area contributed by atoms with E-state index in [0.29, 0.717) is 37.6 Å². The van der Waals surface area contributed by atoms with E-state index in [2.05, 4.69) is 0 Å². The number of nitrogens with zero attached hydrogens (tertiary/aromatic N) is 1. The number of ether oxygens (including phenoxy) is 2. The van der Waals surface area contributed by atoms with E-state index in [0.717, 1.165) is 0 Å². The molecule has 1 aromatic carbocycles. The summed E-state index contributed by atoms with van der Waals surface area (Å²) in [5, 5.41) is 9.44. The number of anilines is 1. The van der Waals surface area contributed by atoms with Crippen LogP contribution in [0.1, 0.15) is 18.6 Å². The van der Waals surface area contributed by atoms with E-state index in [1.54, 1.807) is 33.3 Å². The van der Waals surface area contributed by atoms with Crippen LogP contribution < -0.4 is 4.90 Å². The fourth-order valence-electron chi connectivity index (χ4n) is 1.80. The molecule has 0 aliphatic heterocycles. The zero-order chi connectivity index (χ0) is 14.3. The molecule has 1 rings (SSSR count). The second-order valence-corrected chi connectivity index (χ2v) is 4.36. The molecule has 0 amide bonds.